The van der Waals surface area contributed by atoms with E-state index in [9.17, 15) is 4.79 Å². The summed E-state index contributed by atoms with van der Waals surface area (Å²) < 4.78 is 4.96. The first-order valence-electron chi connectivity index (χ1n) is 5.71. The number of hydrogen-bond donors (Lipinski definition) is 1. The molecule has 1 aromatic carbocycles. The molecule has 1 aliphatic rings. The van der Waals surface area contributed by atoms with Crippen molar-refractivity contribution in [1.29, 1.82) is 0 Å². The van der Waals surface area contributed by atoms with Gasteiger partial charge in [0, 0.05) is 6.04 Å². The molecule has 86 valence electrons. The summed E-state index contributed by atoms with van der Waals surface area (Å²) in [4.78, 5) is 11.4. The van der Waals surface area contributed by atoms with Crippen molar-refractivity contribution in [3.63, 3.8) is 0 Å². The highest BCUT2D eigenvalue weighted by molar-refractivity contribution is 5.73. The van der Waals surface area contributed by atoms with Gasteiger partial charge in [0.1, 0.15) is 0 Å². The maximum absolute atomic E-state index is 11.4. The zero-order chi connectivity index (χ0) is 11.5. The molecule has 0 heterocycles. The fourth-order valence-electron chi connectivity index (χ4n) is 2.29. The summed E-state index contributed by atoms with van der Waals surface area (Å²) in [6, 6.07) is 6.29. The largest absolute Gasteiger partial charge is 0.466 e. The Hall–Kier alpha value is -1.35. The predicted octanol–water partition coefficient (Wildman–Crippen LogP) is 1.22. The monoisotopic (exact) mass is 219 g/mol. The van der Waals surface area contributed by atoms with E-state index in [2.05, 4.69) is 6.07 Å². The summed E-state index contributed by atoms with van der Waals surface area (Å²) >= 11 is 0. The zero-order valence-electron chi connectivity index (χ0n) is 9.53. The van der Waals surface area contributed by atoms with Gasteiger partial charge in [-0.3, -0.25) is 4.79 Å². The second-order valence-corrected chi connectivity index (χ2v) is 4.20. The number of benzene rings is 1. The molecule has 0 fully saturated rings. The van der Waals surface area contributed by atoms with E-state index in [1.807, 2.05) is 19.1 Å². The number of nitrogens with two attached hydrogens (primary N) is 1. The van der Waals surface area contributed by atoms with Gasteiger partial charge >= 0.3 is 5.97 Å². The lowest BCUT2D eigenvalue weighted by Gasteiger charge is -2.07. The van der Waals surface area contributed by atoms with E-state index >= 15 is 0 Å². The molecular weight excluding hydrogens is 202 g/mol. The van der Waals surface area contributed by atoms with Gasteiger partial charge < -0.3 is 10.5 Å². The Bertz CT molecular complexity index is 401. The number of ether oxygens (including phenoxy) is 1. The Morgan fingerprint density at radius 3 is 3.06 bits per heavy atom. The molecule has 2 rings (SSSR count). The average molecular weight is 219 g/mol. The van der Waals surface area contributed by atoms with E-state index in [1.54, 1.807) is 0 Å². The molecule has 1 aliphatic carbocycles. The Balaban J connectivity index is 2.17. The molecule has 3 heteroatoms. The molecule has 0 amide bonds. The highest BCUT2D eigenvalue weighted by atomic mass is 16.5. The lowest BCUT2D eigenvalue weighted by molar-refractivity contribution is -0.142. The predicted molar refractivity (Wildman–Crippen MR) is 62.2 cm³/mol. The van der Waals surface area contributed by atoms with Crippen molar-refractivity contribution >= 4 is 5.97 Å². The van der Waals surface area contributed by atoms with Crippen LogP contribution in [0.3, 0.4) is 0 Å². The summed E-state index contributed by atoms with van der Waals surface area (Å²) in [5.74, 6) is -0.156. The van der Waals surface area contributed by atoms with E-state index in [0.717, 1.165) is 18.4 Å². The van der Waals surface area contributed by atoms with Gasteiger partial charge in [0.25, 0.3) is 0 Å². The molecule has 0 bridgehead atoms. The van der Waals surface area contributed by atoms with Crippen molar-refractivity contribution in [2.24, 2.45) is 5.73 Å². The van der Waals surface area contributed by atoms with E-state index in [0.29, 0.717) is 13.0 Å². The first-order valence-corrected chi connectivity index (χ1v) is 5.71. The molecule has 0 aromatic heterocycles. The van der Waals surface area contributed by atoms with Gasteiger partial charge in [0.05, 0.1) is 13.0 Å². The van der Waals surface area contributed by atoms with E-state index in [1.165, 1.54) is 11.1 Å². The Labute approximate surface area is 95.6 Å². The van der Waals surface area contributed by atoms with E-state index in [4.69, 9.17) is 10.5 Å². The number of carbonyl (C=O) groups is 1. The minimum atomic E-state index is -0.156. The third kappa shape index (κ3) is 2.25. The second kappa shape index (κ2) is 4.66. The molecule has 2 N–H and O–H groups in total. The molecule has 0 saturated heterocycles. The first-order chi connectivity index (χ1) is 7.70. The molecule has 0 spiro atoms. The van der Waals surface area contributed by atoms with Crippen LogP contribution in [0, 0.1) is 0 Å². The minimum Gasteiger partial charge on any atom is -0.466 e. The fourth-order valence-corrected chi connectivity index (χ4v) is 2.29. The van der Waals surface area contributed by atoms with Gasteiger partial charge in [-0.25, -0.2) is 0 Å². The average Bonchev–Trinajstić information content (AvgIpc) is 2.60. The number of hydrogen-bond acceptors (Lipinski definition) is 3. The van der Waals surface area contributed by atoms with Crippen molar-refractivity contribution in [2.45, 2.75) is 32.2 Å². The van der Waals surface area contributed by atoms with Crippen molar-refractivity contribution in [3.8, 4) is 0 Å². The normalized spacial score (nSPS) is 18.2. The first kappa shape index (κ1) is 11.1. The van der Waals surface area contributed by atoms with E-state index < -0.39 is 0 Å². The van der Waals surface area contributed by atoms with Crippen molar-refractivity contribution in [2.75, 3.05) is 6.61 Å². The summed E-state index contributed by atoms with van der Waals surface area (Å²) in [5.41, 5.74) is 9.54. The maximum Gasteiger partial charge on any atom is 0.310 e. The quantitative estimate of drug-likeness (QED) is 0.778. The minimum absolute atomic E-state index is 0.156. The van der Waals surface area contributed by atoms with Crippen LogP contribution in [0.15, 0.2) is 18.2 Å². The zero-order valence-corrected chi connectivity index (χ0v) is 9.53. The number of fused-ring (bicyclic) bond motifs is 1. The van der Waals surface area contributed by atoms with Gasteiger partial charge in [0.15, 0.2) is 0 Å². The van der Waals surface area contributed by atoms with Crippen molar-refractivity contribution in [1.82, 2.24) is 0 Å². The summed E-state index contributed by atoms with van der Waals surface area (Å²) in [6.45, 7) is 2.26. The number of esters is 1. The van der Waals surface area contributed by atoms with Gasteiger partial charge in [-0.05, 0) is 36.5 Å². The molecule has 1 aromatic rings. The Morgan fingerprint density at radius 1 is 1.50 bits per heavy atom. The van der Waals surface area contributed by atoms with Crippen LogP contribution in [0.1, 0.15) is 23.6 Å². The Morgan fingerprint density at radius 2 is 2.31 bits per heavy atom. The van der Waals surface area contributed by atoms with Gasteiger partial charge in [-0.2, -0.15) is 0 Å². The highest BCUT2D eigenvalue weighted by Gasteiger charge is 2.21. The highest BCUT2D eigenvalue weighted by Crippen LogP contribution is 2.25. The Kier molecular flexibility index (Phi) is 3.25. The van der Waals surface area contributed by atoms with Crippen LogP contribution in [-0.4, -0.2) is 18.6 Å². The second-order valence-electron chi connectivity index (χ2n) is 4.20. The maximum atomic E-state index is 11.4. The molecule has 0 radical (unpaired) electrons. The third-order valence-electron chi connectivity index (χ3n) is 2.96. The lowest BCUT2D eigenvalue weighted by atomic mass is 10.0. The molecule has 0 aliphatic heterocycles. The van der Waals surface area contributed by atoms with Gasteiger partial charge in [-0.15, -0.1) is 0 Å². The van der Waals surface area contributed by atoms with Crippen LogP contribution in [0.4, 0.5) is 0 Å². The summed E-state index contributed by atoms with van der Waals surface area (Å²) in [7, 11) is 0. The van der Waals surface area contributed by atoms with Crippen molar-refractivity contribution in [3.05, 3.63) is 34.9 Å². The van der Waals surface area contributed by atoms with Crippen LogP contribution in [0.25, 0.3) is 0 Å². The molecule has 1 atom stereocenters. The number of rotatable bonds is 3. The molecular formula is C13H17NO2. The third-order valence-corrected chi connectivity index (χ3v) is 2.96. The molecule has 0 saturated carbocycles. The lowest BCUT2D eigenvalue weighted by Crippen LogP contribution is -2.19. The van der Waals surface area contributed by atoms with Gasteiger partial charge in [0.2, 0.25) is 0 Å². The van der Waals surface area contributed by atoms with E-state index in [-0.39, 0.29) is 12.0 Å². The SMILES string of the molecule is CCOC(=O)Cc1cccc2c1CC(N)C2. The fraction of sp³-hybridized carbons (Fsp3) is 0.462. The van der Waals surface area contributed by atoms with Crippen LogP contribution in [0.5, 0.6) is 0 Å². The van der Waals surface area contributed by atoms with Crippen LogP contribution >= 0.6 is 0 Å². The van der Waals surface area contributed by atoms with Crippen molar-refractivity contribution < 1.29 is 9.53 Å². The molecule has 1 unspecified atom stereocenters. The standard InChI is InChI=1S/C13H17NO2/c1-2-16-13(15)7-10-5-3-4-9-6-11(14)8-12(9)10/h3-5,11H,2,6-8,14H2,1H3. The molecule has 16 heavy (non-hydrogen) atoms. The summed E-state index contributed by atoms with van der Waals surface area (Å²) in [6.07, 6.45) is 2.17. The topological polar surface area (TPSA) is 52.3 Å². The summed E-state index contributed by atoms with van der Waals surface area (Å²) in [5, 5.41) is 0. The molecule has 3 nitrogen and oxygen atoms in total. The van der Waals surface area contributed by atoms with Crippen LogP contribution in [-0.2, 0) is 28.8 Å². The van der Waals surface area contributed by atoms with Crippen LogP contribution < -0.4 is 5.73 Å². The van der Waals surface area contributed by atoms with Crippen LogP contribution in [0.2, 0.25) is 0 Å². The van der Waals surface area contributed by atoms with Gasteiger partial charge in [-0.1, -0.05) is 18.2 Å². The number of carbonyl (C=O) groups excluding carboxylic acids is 1. The smallest absolute Gasteiger partial charge is 0.310 e.